The molecule has 1 aliphatic rings. The van der Waals surface area contributed by atoms with Gasteiger partial charge in [-0.05, 0) is 30.0 Å². The molecule has 1 unspecified atom stereocenters. The molecule has 6 nitrogen and oxygen atoms in total. The number of hydrogen-bond acceptors (Lipinski definition) is 3. The zero-order chi connectivity index (χ0) is 16.8. The summed E-state index contributed by atoms with van der Waals surface area (Å²) in [4.78, 5) is 24.6. The van der Waals surface area contributed by atoms with Crippen molar-refractivity contribution in [3.05, 3.63) is 29.8 Å². The van der Waals surface area contributed by atoms with Gasteiger partial charge >= 0.3 is 12.0 Å². The molecule has 126 valence electrons. The maximum atomic E-state index is 12.1. The summed E-state index contributed by atoms with van der Waals surface area (Å²) in [6.07, 6.45) is 0.515. The number of nitrogens with one attached hydrogen (secondary N) is 1. The van der Waals surface area contributed by atoms with Gasteiger partial charge in [0, 0.05) is 19.6 Å². The van der Waals surface area contributed by atoms with E-state index in [0.717, 1.165) is 11.3 Å². The van der Waals surface area contributed by atoms with Crippen molar-refractivity contribution in [3.8, 4) is 5.75 Å². The van der Waals surface area contributed by atoms with Crippen molar-refractivity contribution in [2.75, 3.05) is 19.7 Å². The Morgan fingerprint density at radius 3 is 2.87 bits per heavy atom. The molecule has 1 aliphatic heterocycles. The van der Waals surface area contributed by atoms with E-state index in [-0.39, 0.29) is 12.6 Å². The second-order valence-electron chi connectivity index (χ2n) is 6.28. The first-order valence-electron chi connectivity index (χ1n) is 7.93. The number of hydrogen-bond donors (Lipinski definition) is 2. The zero-order valence-corrected chi connectivity index (χ0v) is 13.6. The highest BCUT2D eigenvalue weighted by Gasteiger charge is 2.30. The number of amides is 2. The van der Waals surface area contributed by atoms with Crippen LogP contribution in [-0.2, 0) is 11.3 Å². The third kappa shape index (κ3) is 5.16. The monoisotopic (exact) mass is 320 g/mol. The second kappa shape index (κ2) is 7.85. The van der Waals surface area contributed by atoms with Gasteiger partial charge in [-0.1, -0.05) is 26.0 Å². The summed E-state index contributed by atoms with van der Waals surface area (Å²) in [5, 5.41) is 11.8. The van der Waals surface area contributed by atoms with Crippen LogP contribution in [0.5, 0.6) is 5.75 Å². The first-order chi connectivity index (χ1) is 11.0. The third-order valence-corrected chi connectivity index (χ3v) is 3.75. The summed E-state index contributed by atoms with van der Waals surface area (Å²) >= 11 is 0. The standard InChI is InChI=1S/C17H24N2O4/c1-12(2)11-23-15-5-3-4-13(8-15)9-18-17(22)19-7-6-14(10-19)16(20)21/h3-5,8,12,14H,6-7,9-11H2,1-2H3,(H,18,22)(H,20,21). The van der Waals surface area contributed by atoms with E-state index in [9.17, 15) is 9.59 Å². The molecule has 0 bridgehead atoms. The van der Waals surface area contributed by atoms with Crippen LogP contribution < -0.4 is 10.1 Å². The fourth-order valence-electron chi connectivity index (χ4n) is 2.44. The Labute approximate surface area is 136 Å². The fourth-order valence-corrected chi connectivity index (χ4v) is 2.44. The fraction of sp³-hybridized carbons (Fsp3) is 0.529. The van der Waals surface area contributed by atoms with Crippen LogP contribution in [0.15, 0.2) is 24.3 Å². The molecule has 1 aromatic rings. The van der Waals surface area contributed by atoms with Gasteiger partial charge in [-0.2, -0.15) is 0 Å². The maximum absolute atomic E-state index is 12.1. The predicted molar refractivity (Wildman–Crippen MR) is 86.3 cm³/mol. The van der Waals surface area contributed by atoms with Crippen molar-refractivity contribution in [2.45, 2.75) is 26.8 Å². The Kier molecular flexibility index (Phi) is 5.84. The molecule has 0 aromatic heterocycles. The Bertz CT molecular complexity index is 559. The van der Waals surface area contributed by atoms with Crippen LogP contribution in [0.1, 0.15) is 25.8 Å². The molecule has 1 aromatic carbocycles. The van der Waals surface area contributed by atoms with Crippen LogP contribution in [0.3, 0.4) is 0 Å². The zero-order valence-electron chi connectivity index (χ0n) is 13.6. The molecular weight excluding hydrogens is 296 g/mol. The normalized spacial score (nSPS) is 17.3. The summed E-state index contributed by atoms with van der Waals surface area (Å²) < 4.78 is 5.67. The van der Waals surface area contributed by atoms with Crippen molar-refractivity contribution in [1.82, 2.24) is 10.2 Å². The van der Waals surface area contributed by atoms with E-state index < -0.39 is 11.9 Å². The molecule has 1 fully saturated rings. The minimum atomic E-state index is -0.838. The van der Waals surface area contributed by atoms with Gasteiger partial charge in [-0.15, -0.1) is 0 Å². The minimum absolute atomic E-state index is 0.220. The van der Waals surface area contributed by atoms with Gasteiger partial charge in [0.05, 0.1) is 12.5 Å². The summed E-state index contributed by atoms with van der Waals surface area (Å²) in [5.41, 5.74) is 0.952. The third-order valence-electron chi connectivity index (χ3n) is 3.75. The van der Waals surface area contributed by atoms with Crippen molar-refractivity contribution in [3.63, 3.8) is 0 Å². The molecule has 0 aliphatic carbocycles. The molecule has 0 spiro atoms. The first kappa shape index (κ1) is 17.1. The van der Waals surface area contributed by atoms with Crippen LogP contribution >= 0.6 is 0 Å². The van der Waals surface area contributed by atoms with Gasteiger partial charge < -0.3 is 20.1 Å². The molecule has 1 saturated heterocycles. The molecule has 1 heterocycles. The summed E-state index contributed by atoms with van der Waals surface area (Å²) in [6.45, 7) is 5.99. The van der Waals surface area contributed by atoms with Gasteiger partial charge in [0.1, 0.15) is 5.75 Å². The van der Waals surface area contributed by atoms with Crippen molar-refractivity contribution in [1.29, 1.82) is 0 Å². The molecular formula is C17H24N2O4. The quantitative estimate of drug-likeness (QED) is 0.843. The number of benzene rings is 1. The lowest BCUT2D eigenvalue weighted by molar-refractivity contribution is -0.141. The Hall–Kier alpha value is -2.24. The van der Waals surface area contributed by atoms with Crippen LogP contribution in [0, 0.1) is 11.8 Å². The number of nitrogens with zero attached hydrogens (tertiary/aromatic N) is 1. The Morgan fingerprint density at radius 2 is 2.22 bits per heavy atom. The van der Waals surface area contributed by atoms with Crippen LogP contribution in [-0.4, -0.2) is 41.7 Å². The summed E-state index contributed by atoms with van der Waals surface area (Å²) in [5.74, 6) is -0.0444. The van der Waals surface area contributed by atoms with E-state index in [1.165, 1.54) is 0 Å². The number of carboxylic acid groups (broad SMARTS) is 1. The second-order valence-corrected chi connectivity index (χ2v) is 6.28. The largest absolute Gasteiger partial charge is 0.493 e. The molecule has 0 saturated carbocycles. The Balaban J connectivity index is 1.82. The lowest BCUT2D eigenvalue weighted by Crippen LogP contribution is -2.38. The lowest BCUT2D eigenvalue weighted by atomic mass is 10.1. The number of carbonyl (C=O) groups is 2. The molecule has 23 heavy (non-hydrogen) atoms. The van der Waals surface area contributed by atoms with Crippen molar-refractivity contribution in [2.24, 2.45) is 11.8 Å². The van der Waals surface area contributed by atoms with E-state index in [4.69, 9.17) is 9.84 Å². The van der Waals surface area contributed by atoms with E-state index in [0.29, 0.717) is 32.0 Å². The van der Waals surface area contributed by atoms with E-state index in [1.54, 1.807) is 4.90 Å². The number of likely N-dealkylation sites (tertiary alicyclic amines) is 1. The lowest BCUT2D eigenvalue weighted by Gasteiger charge is -2.17. The number of carboxylic acids is 1. The van der Waals surface area contributed by atoms with Gasteiger partial charge in [0.25, 0.3) is 0 Å². The number of rotatable bonds is 6. The average molecular weight is 320 g/mol. The van der Waals surface area contributed by atoms with Gasteiger partial charge in [-0.3, -0.25) is 4.79 Å². The average Bonchev–Trinajstić information content (AvgIpc) is 3.01. The predicted octanol–water partition coefficient (Wildman–Crippen LogP) is 2.34. The highest BCUT2D eigenvalue weighted by molar-refractivity contribution is 5.77. The number of carbonyl (C=O) groups excluding carboxylic acids is 1. The van der Waals surface area contributed by atoms with Gasteiger partial charge in [0.15, 0.2) is 0 Å². The molecule has 2 amide bonds. The van der Waals surface area contributed by atoms with Gasteiger partial charge in [-0.25, -0.2) is 4.79 Å². The van der Waals surface area contributed by atoms with Crippen LogP contribution in [0.4, 0.5) is 4.79 Å². The van der Waals surface area contributed by atoms with Gasteiger partial charge in [0.2, 0.25) is 0 Å². The van der Waals surface area contributed by atoms with Crippen LogP contribution in [0.25, 0.3) is 0 Å². The Morgan fingerprint density at radius 1 is 1.43 bits per heavy atom. The number of urea groups is 1. The minimum Gasteiger partial charge on any atom is -0.493 e. The molecule has 2 N–H and O–H groups in total. The van der Waals surface area contributed by atoms with E-state index in [1.807, 2.05) is 24.3 Å². The van der Waals surface area contributed by atoms with Crippen molar-refractivity contribution >= 4 is 12.0 Å². The number of ether oxygens (including phenoxy) is 1. The van der Waals surface area contributed by atoms with E-state index >= 15 is 0 Å². The van der Waals surface area contributed by atoms with Crippen LogP contribution in [0.2, 0.25) is 0 Å². The highest BCUT2D eigenvalue weighted by Crippen LogP contribution is 2.17. The molecule has 2 rings (SSSR count). The van der Waals surface area contributed by atoms with Crippen molar-refractivity contribution < 1.29 is 19.4 Å². The smallest absolute Gasteiger partial charge is 0.317 e. The van der Waals surface area contributed by atoms with E-state index in [2.05, 4.69) is 19.2 Å². The SMILES string of the molecule is CC(C)COc1cccc(CNC(=O)N2CCC(C(=O)O)C2)c1. The number of aliphatic carboxylic acids is 1. The first-order valence-corrected chi connectivity index (χ1v) is 7.93. The topological polar surface area (TPSA) is 78.9 Å². The summed E-state index contributed by atoms with van der Waals surface area (Å²) in [7, 11) is 0. The maximum Gasteiger partial charge on any atom is 0.317 e. The summed E-state index contributed by atoms with van der Waals surface area (Å²) in [6, 6.07) is 7.40. The highest BCUT2D eigenvalue weighted by atomic mass is 16.5. The molecule has 1 atom stereocenters. The molecule has 0 radical (unpaired) electrons. The molecule has 6 heteroatoms.